The van der Waals surface area contributed by atoms with Gasteiger partial charge in [0.1, 0.15) is 0 Å². The molecule has 0 unspecified atom stereocenters. The van der Waals surface area contributed by atoms with Gasteiger partial charge in [0, 0.05) is 12.5 Å². The molecule has 0 aliphatic carbocycles. The fourth-order valence-corrected chi connectivity index (χ4v) is 3.78. The van der Waals surface area contributed by atoms with Crippen molar-refractivity contribution in [2.45, 2.75) is 37.9 Å². The monoisotopic (exact) mass is 290 g/mol. The van der Waals surface area contributed by atoms with Crippen LogP contribution in [0, 0.1) is 11.8 Å². The third-order valence-corrected chi connectivity index (χ3v) is 4.84. The predicted octanol–water partition coefficient (Wildman–Crippen LogP) is 1.73. The highest BCUT2D eigenvalue weighted by Gasteiger charge is 2.48. The number of aliphatic hydroxyl groups is 1. The number of methoxy groups -OCH3 is 1. The van der Waals surface area contributed by atoms with Crippen LogP contribution in [0.25, 0.3) is 0 Å². The summed E-state index contributed by atoms with van der Waals surface area (Å²) in [7, 11) is 1.41. The van der Waals surface area contributed by atoms with Gasteiger partial charge in [-0.2, -0.15) is 0 Å². The Kier molecular flexibility index (Phi) is 4.27. The zero-order valence-electron chi connectivity index (χ0n) is 12.3. The average Bonchev–Trinajstić information content (AvgIpc) is 3.08. The summed E-state index contributed by atoms with van der Waals surface area (Å²) >= 11 is 0. The van der Waals surface area contributed by atoms with E-state index in [1.165, 1.54) is 12.7 Å². The molecule has 2 aliphatic rings. The molecule has 0 radical (unpaired) electrons. The van der Waals surface area contributed by atoms with Crippen LogP contribution in [0.5, 0.6) is 0 Å². The molecule has 2 fully saturated rings. The Hall–Kier alpha value is -1.39. The summed E-state index contributed by atoms with van der Waals surface area (Å²) in [6, 6.07) is 8.08. The summed E-state index contributed by atoms with van der Waals surface area (Å²) < 4.78 is 10.6. The first-order valence-electron chi connectivity index (χ1n) is 7.62. The molecule has 0 aromatic heterocycles. The molecule has 1 aromatic rings. The fourth-order valence-electron chi connectivity index (χ4n) is 3.78. The van der Waals surface area contributed by atoms with E-state index < -0.39 is 0 Å². The lowest BCUT2D eigenvalue weighted by molar-refractivity contribution is -0.139. The summed E-state index contributed by atoms with van der Waals surface area (Å²) in [5.74, 6) is 0.429. The maximum atomic E-state index is 11.4. The van der Waals surface area contributed by atoms with Crippen molar-refractivity contribution in [2.24, 2.45) is 11.8 Å². The van der Waals surface area contributed by atoms with Gasteiger partial charge in [0.2, 0.25) is 0 Å². The summed E-state index contributed by atoms with van der Waals surface area (Å²) in [6.45, 7) is 0.202. The molecular weight excluding hydrogens is 268 g/mol. The normalized spacial score (nSPS) is 30.6. The van der Waals surface area contributed by atoms with E-state index in [0.717, 1.165) is 24.8 Å². The van der Waals surface area contributed by atoms with Crippen LogP contribution < -0.4 is 0 Å². The van der Waals surface area contributed by atoms with Crippen molar-refractivity contribution in [3.8, 4) is 0 Å². The molecule has 3 rings (SSSR count). The first kappa shape index (κ1) is 14.5. The molecule has 2 saturated heterocycles. The molecular formula is C17H22O4. The van der Waals surface area contributed by atoms with Gasteiger partial charge in [-0.1, -0.05) is 24.3 Å². The molecule has 1 N–H and O–H groups in total. The van der Waals surface area contributed by atoms with E-state index in [1.54, 1.807) is 0 Å². The Bertz CT molecular complexity index is 513. The Labute approximate surface area is 125 Å². The molecule has 0 amide bonds. The molecule has 2 bridgehead atoms. The largest absolute Gasteiger partial charge is 0.469 e. The molecule has 114 valence electrons. The summed E-state index contributed by atoms with van der Waals surface area (Å²) in [5.41, 5.74) is 2.18. The zero-order valence-corrected chi connectivity index (χ0v) is 12.3. The van der Waals surface area contributed by atoms with E-state index in [0.29, 0.717) is 12.3 Å². The van der Waals surface area contributed by atoms with Crippen molar-refractivity contribution in [3.63, 3.8) is 0 Å². The Morgan fingerprint density at radius 3 is 2.71 bits per heavy atom. The van der Waals surface area contributed by atoms with Gasteiger partial charge in [-0.05, 0) is 36.3 Å². The number of fused-ring (bicyclic) bond motifs is 2. The highest BCUT2D eigenvalue weighted by molar-refractivity contribution is 5.72. The van der Waals surface area contributed by atoms with Gasteiger partial charge in [0.15, 0.2) is 0 Å². The van der Waals surface area contributed by atoms with Crippen LogP contribution in [0.3, 0.4) is 0 Å². The molecule has 21 heavy (non-hydrogen) atoms. The maximum Gasteiger partial charge on any atom is 0.309 e. The second-order valence-electron chi connectivity index (χ2n) is 6.08. The lowest BCUT2D eigenvalue weighted by atomic mass is 9.76. The lowest BCUT2D eigenvalue weighted by Crippen LogP contribution is -2.31. The van der Waals surface area contributed by atoms with Gasteiger partial charge < -0.3 is 14.6 Å². The quantitative estimate of drug-likeness (QED) is 0.839. The van der Waals surface area contributed by atoms with Crippen molar-refractivity contribution in [3.05, 3.63) is 35.4 Å². The van der Waals surface area contributed by atoms with E-state index in [9.17, 15) is 9.90 Å². The van der Waals surface area contributed by atoms with Gasteiger partial charge in [-0.25, -0.2) is 0 Å². The number of aliphatic hydroxyl groups excluding tert-OH is 1. The number of ether oxygens (including phenoxy) is 2. The van der Waals surface area contributed by atoms with E-state index in [2.05, 4.69) is 12.1 Å². The molecule has 2 aliphatic heterocycles. The van der Waals surface area contributed by atoms with Crippen LogP contribution >= 0.6 is 0 Å². The Morgan fingerprint density at radius 2 is 2.00 bits per heavy atom. The Balaban J connectivity index is 1.70. The van der Waals surface area contributed by atoms with Crippen molar-refractivity contribution in [1.82, 2.24) is 0 Å². The minimum absolute atomic E-state index is 0.202. The van der Waals surface area contributed by atoms with Gasteiger partial charge in [-0.15, -0.1) is 0 Å². The SMILES string of the molecule is COC(=O)Cc1cccc(C[C@@H]2[C@H](CO)[C@H]3CC[C@@H]2O3)c1. The summed E-state index contributed by atoms with van der Waals surface area (Å²) in [6.07, 6.45) is 3.92. The Morgan fingerprint density at radius 1 is 1.29 bits per heavy atom. The minimum Gasteiger partial charge on any atom is -0.469 e. The summed E-state index contributed by atoms with van der Waals surface area (Å²) in [4.78, 5) is 11.4. The number of carbonyl (C=O) groups is 1. The maximum absolute atomic E-state index is 11.4. The van der Waals surface area contributed by atoms with E-state index in [4.69, 9.17) is 9.47 Å². The van der Waals surface area contributed by atoms with Gasteiger partial charge in [-0.3, -0.25) is 4.79 Å². The van der Waals surface area contributed by atoms with E-state index in [1.807, 2.05) is 12.1 Å². The number of carbonyl (C=O) groups excluding carboxylic acids is 1. The van der Waals surface area contributed by atoms with Crippen LogP contribution in [0.4, 0.5) is 0 Å². The first-order valence-corrected chi connectivity index (χ1v) is 7.62. The topological polar surface area (TPSA) is 55.8 Å². The minimum atomic E-state index is -0.219. The fraction of sp³-hybridized carbons (Fsp3) is 0.588. The predicted molar refractivity (Wildman–Crippen MR) is 77.8 cm³/mol. The van der Waals surface area contributed by atoms with Crippen molar-refractivity contribution in [1.29, 1.82) is 0 Å². The third kappa shape index (κ3) is 2.97. The van der Waals surface area contributed by atoms with Crippen molar-refractivity contribution in [2.75, 3.05) is 13.7 Å². The number of hydrogen-bond donors (Lipinski definition) is 1. The van der Waals surface area contributed by atoms with E-state index >= 15 is 0 Å². The van der Waals surface area contributed by atoms with Gasteiger partial charge >= 0.3 is 5.97 Å². The zero-order chi connectivity index (χ0) is 14.8. The molecule has 0 saturated carbocycles. The van der Waals surface area contributed by atoms with Crippen LogP contribution in [0.1, 0.15) is 24.0 Å². The number of hydrogen-bond acceptors (Lipinski definition) is 4. The third-order valence-electron chi connectivity index (χ3n) is 4.84. The van der Waals surface area contributed by atoms with Crippen molar-refractivity contribution < 1.29 is 19.4 Å². The molecule has 4 atom stereocenters. The first-order chi connectivity index (χ1) is 10.2. The highest BCUT2D eigenvalue weighted by atomic mass is 16.5. The second-order valence-corrected chi connectivity index (χ2v) is 6.08. The molecule has 4 nitrogen and oxygen atoms in total. The average molecular weight is 290 g/mol. The van der Waals surface area contributed by atoms with Crippen molar-refractivity contribution >= 4 is 5.97 Å². The molecule has 4 heteroatoms. The lowest BCUT2D eigenvalue weighted by Gasteiger charge is -2.26. The van der Waals surface area contributed by atoms with Gasteiger partial charge in [0.25, 0.3) is 0 Å². The molecule has 0 spiro atoms. The highest BCUT2D eigenvalue weighted by Crippen LogP contribution is 2.44. The number of esters is 1. The molecule has 1 aromatic carbocycles. The van der Waals surface area contributed by atoms with E-state index in [-0.39, 0.29) is 30.7 Å². The number of benzene rings is 1. The molecule has 2 heterocycles. The van der Waals surface area contributed by atoms with Gasteiger partial charge in [0.05, 0.1) is 25.7 Å². The summed E-state index contributed by atoms with van der Waals surface area (Å²) in [5, 5.41) is 9.60. The van der Waals surface area contributed by atoms with Crippen LogP contribution in [0.2, 0.25) is 0 Å². The van der Waals surface area contributed by atoms with Crippen LogP contribution in [0.15, 0.2) is 24.3 Å². The van der Waals surface area contributed by atoms with Crippen LogP contribution in [-0.2, 0) is 27.1 Å². The second kappa shape index (κ2) is 6.16. The number of rotatable bonds is 5. The standard InChI is InChI=1S/C17H22O4/c1-20-17(19)9-12-4-2-3-11(7-12)8-13-14(10-18)16-6-5-15(13)21-16/h2-4,7,13-16,18H,5-6,8-10H2,1H3/t13-,14+,15+,16-/m1/s1. The van der Waals surface area contributed by atoms with Crippen LogP contribution in [-0.4, -0.2) is 37.0 Å². The smallest absolute Gasteiger partial charge is 0.309 e.